The number of fused-ring (bicyclic) bond motifs is 1. The van der Waals surface area contributed by atoms with Gasteiger partial charge in [-0.05, 0) is 49.1 Å². The van der Waals surface area contributed by atoms with Crippen molar-refractivity contribution in [2.75, 3.05) is 31.0 Å². The molecule has 1 aromatic carbocycles. The van der Waals surface area contributed by atoms with Gasteiger partial charge in [0.2, 0.25) is 5.95 Å². The molecule has 1 atom stereocenters. The van der Waals surface area contributed by atoms with E-state index in [0.29, 0.717) is 12.0 Å². The molecule has 25 heavy (non-hydrogen) atoms. The highest BCUT2D eigenvalue weighted by atomic mass is 16.5. The first-order chi connectivity index (χ1) is 12.1. The number of hydrogen-bond donors (Lipinski definition) is 1. The lowest BCUT2D eigenvalue weighted by molar-refractivity contribution is 0.353. The van der Waals surface area contributed by atoms with Gasteiger partial charge < -0.3 is 19.7 Å². The average Bonchev–Trinajstić information content (AvgIpc) is 2.66. The van der Waals surface area contributed by atoms with Crippen molar-refractivity contribution < 1.29 is 9.47 Å². The van der Waals surface area contributed by atoms with Crippen LogP contribution in [-0.2, 0) is 13.0 Å². The first-order valence-corrected chi connectivity index (χ1v) is 8.73. The fraction of sp³-hybridized carbons (Fsp3) is 0.474. The minimum absolute atomic E-state index is 0.356. The van der Waals surface area contributed by atoms with Gasteiger partial charge in [-0.2, -0.15) is 4.98 Å². The van der Waals surface area contributed by atoms with E-state index in [1.165, 1.54) is 11.1 Å². The molecule has 1 N–H and O–H groups in total. The van der Waals surface area contributed by atoms with Crippen LogP contribution >= 0.6 is 0 Å². The Morgan fingerprint density at radius 3 is 2.60 bits per heavy atom. The molecular formula is C19H26N4O2. The number of methoxy groups -OCH3 is 2. The van der Waals surface area contributed by atoms with Crippen LogP contribution in [0.4, 0.5) is 11.8 Å². The van der Waals surface area contributed by atoms with Crippen molar-refractivity contribution in [3.63, 3.8) is 0 Å². The van der Waals surface area contributed by atoms with Gasteiger partial charge in [-0.25, -0.2) is 4.98 Å². The molecular weight excluding hydrogens is 316 g/mol. The Balaban J connectivity index is 1.82. The summed E-state index contributed by atoms with van der Waals surface area (Å²) in [6.07, 6.45) is 3.80. The number of rotatable bonds is 6. The zero-order valence-corrected chi connectivity index (χ0v) is 15.4. The standard InChI is InChI=1S/C19H26N4O2/c1-5-13(2)21-19-20-8-6-18(22-19)23-9-7-14-10-16(24-3)17(25-4)11-15(14)12-23/h6,8,10-11,13H,5,7,9,12H2,1-4H3,(H,20,21,22)/t13-/m0/s1. The van der Waals surface area contributed by atoms with Crippen LogP contribution in [0.1, 0.15) is 31.4 Å². The average molecular weight is 342 g/mol. The molecule has 0 fully saturated rings. The minimum Gasteiger partial charge on any atom is -0.493 e. The molecule has 0 spiro atoms. The van der Waals surface area contributed by atoms with Crippen molar-refractivity contribution in [2.45, 2.75) is 39.3 Å². The number of aromatic nitrogens is 2. The van der Waals surface area contributed by atoms with Gasteiger partial charge in [-0.1, -0.05) is 6.92 Å². The SMILES string of the molecule is CC[C@H](C)Nc1nccc(N2CCc3cc(OC)c(OC)cc3C2)n1. The normalized spacial score (nSPS) is 14.6. The van der Waals surface area contributed by atoms with Gasteiger partial charge in [0, 0.05) is 25.3 Å². The summed E-state index contributed by atoms with van der Waals surface area (Å²) in [5.74, 6) is 3.19. The molecule has 6 nitrogen and oxygen atoms in total. The summed E-state index contributed by atoms with van der Waals surface area (Å²) in [5, 5.41) is 3.34. The lowest BCUT2D eigenvalue weighted by Crippen LogP contribution is -2.31. The van der Waals surface area contributed by atoms with Gasteiger partial charge in [-0.15, -0.1) is 0 Å². The zero-order chi connectivity index (χ0) is 17.8. The van der Waals surface area contributed by atoms with Crippen molar-refractivity contribution >= 4 is 11.8 Å². The lowest BCUT2D eigenvalue weighted by Gasteiger charge is -2.30. The molecule has 134 valence electrons. The predicted molar refractivity (Wildman–Crippen MR) is 99.7 cm³/mol. The van der Waals surface area contributed by atoms with Gasteiger partial charge >= 0.3 is 0 Å². The molecule has 6 heteroatoms. The third kappa shape index (κ3) is 3.78. The maximum absolute atomic E-state index is 5.44. The third-order valence-corrected chi connectivity index (χ3v) is 4.67. The fourth-order valence-corrected chi connectivity index (χ4v) is 3.00. The minimum atomic E-state index is 0.356. The molecule has 2 aromatic rings. The second-order valence-electron chi connectivity index (χ2n) is 6.34. The third-order valence-electron chi connectivity index (χ3n) is 4.67. The molecule has 0 unspecified atom stereocenters. The second-order valence-corrected chi connectivity index (χ2v) is 6.34. The predicted octanol–water partition coefficient (Wildman–Crippen LogP) is 3.27. The highest BCUT2D eigenvalue weighted by Gasteiger charge is 2.20. The Hall–Kier alpha value is -2.50. The topological polar surface area (TPSA) is 59.5 Å². The summed E-state index contributed by atoms with van der Waals surface area (Å²) in [5.41, 5.74) is 2.56. The van der Waals surface area contributed by atoms with Crippen LogP contribution in [0.25, 0.3) is 0 Å². The van der Waals surface area contributed by atoms with Gasteiger partial charge in [0.05, 0.1) is 14.2 Å². The number of nitrogens with one attached hydrogen (secondary N) is 1. The molecule has 0 amide bonds. The van der Waals surface area contributed by atoms with Gasteiger partial charge in [0.25, 0.3) is 0 Å². The number of nitrogens with zero attached hydrogens (tertiary/aromatic N) is 3. The number of benzene rings is 1. The van der Waals surface area contributed by atoms with E-state index in [1.54, 1.807) is 14.2 Å². The molecule has 0 saturated carbocycles. The van der Waals surface area contributed by atoms with Crippen LogP contribution < -0.4 is 19.7 Å². The molecule has 0 radical (unpaired) electrons. The quantitative estimate of drug-likeness (QED) is 0.869. The van der Waals surface area contributed by atoms with Gasteiger partial charge in [0.15, 0.2) is 11.5 Å². The Morgan fingerprint density at radius 2 is 1.92 bits per heavy atom. The summed E-state index contributed by atoms with van der Waals surface area (Å²) in [7, 11) is 3.34. The van der Waals surface area contributed by atoms with Crippen LogP contribution in [0.15, 0.2) is 24.4 Å². The van der Waals surface area contributed by atoms with E-state index in [0.717, 1.165) is 43.2 Å². The first-order valence-electron chi connectivity index (χ1n) is 8.73. The molecule has 2 heterocycles. The first kappa shape index (κ1) is 17.3. The highest BCUT2D eigenvalue weighted by molar-refractivity contribution is 5.52. The maximum atomic E-state index is 5.44. The van der Waals surface area contributed by atoms with E-state index in [4.69, 9.17) is 9.47 Å². The molecule has 0 aliphatic carbocycles. The van der Waals surface area contributed by atoms with Gasteiger partial charge in [0.1, 0.15) is 5.82 Å². The monoisotopic (exact) mass is 342 g/mol. The van der Waals surface area contributed by atoms with Crippen LogP contribution in [0.2, 0.25) is 0 Å². The largest absolute Gasteiger partial charge is 0.493 e. The maximum Gasteiger partial charge on any atom is 0.224 e. The molecule has 0 bridgehead atoms. The smallest absolute Gasteiger partial charge is 0.224 e. The van der Waals surface area contributed by atoms with Crippen LogP contribution in [0.5, 0.6) is 11.5 Å². The van der Waals surface area contributed by atoms with E-state index < -0.39 is 0 Å². The number of hydrogen-bond acceptors (Lipinski definition) is 6. The fourth-order valence-electron chi connectivity index (χ4n) is 3.00. The summed E-state index contributed by atoms with van der Waals surface area (Å²) in [6.45, 7) is 6.00. The molecule has 1 aliphatic rings. The molecule has 3 rings (SSSR count). The highest BCUT2D eigenvalue weighted by Crippen LogP contribution is 2.34. The van der Waals surface area contributed by atoms with Gasteiger partial charge in [-0.3, -0.25) is 0 Å². The number of ether oxygens (including phenoxy) is 2. The van der Waals surface area contributed by atoms with E-state index in [2.05, 4.69) is 46.2 Å². The summed E-state index contributed by atoms with van der Waals surface area (Å²) in [4.78, 5) is 11.3. The van der Waals surface area contributed by atoms with E-state index >= 15 is 0 Å². The van der Waals surface area contributed by atoms with Crippen molar-refractivity contribution in [1.82, 2.24) is 9.97 Å². The van der Waals surface area contributed by atoms with Crippen LogP contribution in [0, 0.1) is 0 Å². The molecule has 0 saturated heterocycles. The second kappa shape index (κ2) is 7.59. The summed E-state index contributed by atoms with van der Waals surface area (Å²) in [6, 6.07) is 6.48. The van der Waals surface area contributed by atoms with E-state index in [1.807, 2.05) is 12.3 Å². The summed E-state index contributed by atoms with van der Waals surface area (Å²) < 4.78 is 10.8. The Morgan fingerprint density at radius 1 is 1.20 bits per heavy atom. The van der Waals surface area contributed by atoms with Crippen molar-refractivity contribution in [3.8, 4) is 11.5 Å². The Kier molecular flexibility index (Phi) is 5.26. The zero-order valence-electron chi connectivity index (χ0n) is 15.4. The Labute approximate surface area is 149 Å². The van der Waals surface area contributed by atoms with E-state index in [9.17, 15) is 0 Å². The van der Waals surface area contributed by atoms with Crippen LogP contribution in [-0.4, -0.2) is 36.8 Å². The molecule has 1 aliphatic heterocycles. The Bertz CT molecular complexity index is 735. The summed E-state index contributed by atoms with van der Waals surface area (Å²) >= 11 is 0. The number of anilines is 2. The van der Waals surface area contributed by atoms with Crippen LogP contribution in [0.3, 0.4) is 0 Å². The van der Waals surface area contributed by atoms with Crippen molar-refractivity contribution in [1.29, 1.82) is 0 Å². The van der Waals surface area contributed by atoms with Crippen molar-refractivity contribution in [2.24, 2.45) is 0 Å². The van der Waals surface area contributed by atoms with Crippen molar-refractivity contribution in [3.05, 3.63) is 35.5 Å². The molecule has 1 aromatic heterocycles. The van der Waals surface area contributed by atoms with E-state index in [-0.39, 0.29) is 0 Å². The lowest BCUT2D eigenvalue weighted by atomic mass is 9.99.